The molecule has 0 bridgehead atoms. The number of hydrogen-bond acceptors (Lipinski definition) is 5. The molecule has 8 heteroatoms. The van der Waals surface area contributed by atoms with Gasteiger partial charge in [0, 0.05) is 23.1 Å². The number of aryl methyl sites for hydroxylation is 3. The summed E-state index contributed by atoms with van der Waals surface area (Å²) in [6, 6.07) is 15.6. The Morgan fingerprint density at radius 2 is 1.56 bits per heavy atom. The van der Waals surface area contributed by atoms with Crippen LogP contribution in [0.15, 0.2) is 59.1 Å². The average molecular weight is 547 g/mol. The third-order valence-electron chi connectivity index (χ3n) is 6.58. The van der Waals surface area contributed by atoms with Crippen molar-refractivity contribution in [1.82, 2.24) is 0 Å². The van der Waals surface area contributed by atoms with Crippen LogP contribution in [0.1, 0.15) is 43.8 Å². The first-order valence-electron chi connectivity index (χ1n) is 11.5. The number of fused-ring (bicyclic) bond motifs is 1. The SMILES string of the molecule is Cc1ccc(N2C[C@@H](C(=O)Oc3ccc(N4C(=O)c5ccc(Br)cc5C4=O)c(C)c3)CC2=O)c(C)c1. The van der Waals surface area contributed by atoms with Crippen molar-refractivity contribution in [2.75, 3.05) is 16.3 Å². The summed E-state index contributed by atoms with van der Waals surface area (Å²) < 4.78 is 6.31. The van der Waals surface area contributed by atoms with Gasteiger partial charge in [0.25, 0.3) is 11.8 Å². The van der Waals surface area contributed by atoms with Crippen LogP contribution in [0.3, 0.4) is 0 Å². The third-order valence-corrected chi connectivity index (χ3v) is 7.07. The summed E-state index contributed by atoms with van der Waals surface area (Å²) in [5.41, 5.74) is 4.59. The maximum atomic E-state index is 12.9. The molecular weight excluding hydrogens is 524 g/mol. The van der Waals surface area contributed by atoms with Gasteiger partial charge in [-0.3, -0.25) is 19.2 Å². The number of halogens is 1. The molecule has 2 aliphatic heterocycles. The van der Waals surface area contributed by atoms with Gasteiger partial charge in [0.05, 0.1) is 22.7 Å². The van der Waals surface area contributed by atoms with E-state index in [1.165, 1.54) is 0 Å². The lowest BCUT2D eigenvalue weighted by molar-refractivity contribution is -0.139. The van der Waals surface area contributed by atoms with E-state index in [1.54, 1.807) is 48.2 Å². The minimum atomic E-state index is -0.590. The van der Waals surface area contributed by atoms with Gasteiger partial charge >= 0.3 is 5.97 Å². The zero-order valence-corrected chi connectivity index (χ0v) is 21.6. The highest BCUT2D eigenvalue weighted by atomic mass is 79.9. The molecule has 182 valence electrons. The van der Waals surface area contributed by atoms with Crippen LogP contribution in [0.4, 0.5) is 11.4 Å². The first-order valence-corrected chi connectivity index (χ1v) is 12.3. The Kier molecular flexibility index (Phi) is 6.00. The molecule has 0 aromatic heterocycles. The number of amides is 3. The van der Waals surface area contributed by atoms with Crippen molar-refractivity contribution in [1.29, 1.82) is 0 Å². The summed E-state index contributed by atoms with van der Waals surface area (Å²) in [6.07, 6.45) is 0.0772. The topological polar surface area (TPSA) is 84.0 Å². The molecule has 0 saturated carbocycles. The summed E-state index contributed by atoms with van der Waals surface area (Å²) in [6.45, 7) is 5.93. The third kappa shape index (κ3) is 4.11. The summed E-state index contributed by atoms with van der Waals surface area (Å²) in [7, 11) is 0. The van der Waals surface area contributed by atoms with Gasteiger partial charge in [-0.05, 0) is 74.4 Å². The Bertz CT molecular complexity index is 1460. The van der Waals surface area contributed by atoms with E-state index in [2.05, 4.69) is 15.9 Å². The monoisotopic (exact) mass is 546 g/mol. The zero-order chi connectivity index (χ0) is 25.7. The second kappa shape index (κ2) is 9.02. The van der Waals surface area contributed by atoms with E-state index >= 15 is 0 Å². The Hall–Kier alpha value is -3.78. The zero-order valence-electron chi connectivity index (χ0n) is 20.0. The number of anilines is 2. The standard InChI is InChI=1S/C28H23BrN2O5/c1-15-4-8-23(16(2)10-15)30-14-18(12-25(30)32)28(35)36-20-6-9-24(17(3)11-20)31-26(33)21-7-5-19(29)13-22(21)27(31)34/h4-11,13,18H,12,14H2,1-3H3/t18-/m0/s1. The minimum Gasteiger partial charge on any atom is -0.426 e. The molecule has 0 radical (unpaired) electrons. The van der Waals surface area contributed by atoms with E-state index in [4.69, 9.17) is 4.74 Å². The molecule has 3 aromatic carbocycles. The predicted molar refractivity (Wildman–Crippen MR) is 138 cm³/mol. The number of imide groups is 1. The lowest BCUT2D eigenvalue weighted by Crippen LogP contribution is -2.30. The number of nitrogens with zero attached hydrogens (tertiary/aromatic N) is 2. The molecule has 5 rings (SSSR count). The van der Waals surface area contributed by atoms with Crippen LogP contribution < -0.4 is 14.5 Å². The quantitative estimate of drug-likeness (QED) is 0.257. The highest BCUT2D eigenvalue weighted by Crippen LogP contribution is 2.34. The average Bonchev–Trinajstić information content (AvgIpc) is 3.32. The number of rotatable bonds is 4. The number of ether oxygens (including phenoxy) is 1. The molecular formula is C28H23BrN2O5. The van der Waals surface area contributed by atoms with E-state index in [-0.39, 0.29) is 24.6 Å². The molecule has 0 spiro atoms. The first-order chi connectivity index (χ1) is 17.1. The van der Waals surface area contributed by atoms with Crippen molar-refractivity contribution in [2.45, 2.75) is 27.2 Å². The Balaban J connectivity index is 1.31. The van der Waals surface area contributed by atoms with Gasteiger partial charge in [0.1, 0.15) is 5.75 Å². The maximum Gasteiger partial charge on any atom is 0.316 e. The Labute approximate surface area is 216 Å². The molecule has 7 nitrogen and oxygen atoms in total. The predicted octanol–water partition coefficient (Wildman–Crippen LogP) is 5.13. The summed E-state index contributed by atoms with van der Waals surface area (Å²) in [5, 5.41) is 0. The van der Waals surface area contributed by atoms with Crippen LogP contribution in [-0.4, -0.2) is 30.2 Å². The molecule has 3 aromatic rings. The van der Waals surface area contributed by atoms with Gasteiger partial charge < -0.3 is 9.64 Å². The van der Waals surface area contributed by atoms with Gasteiger partial charge in [-0.1, -0.05) is 33.6 Å². The first kappa shape index (κ1) is 23.9. The molecule has 0 aliphatic carbocycles. The fraction of sp³-hybridized carbons (Fsp3) is 0.214. The number of carbonyl (C=O) groups is 4. The van der Waals surface area contributed by atoms with Crippen LogP contribution in [0, 0.1) is 26.7 Å². The van der Waals surface area contributed by atoms with Gasteiger partial charge in [-0.15, -0.1) is 0 Å². The fourth-order valence-corrected chi connectivity index (χ4v) is 5.14. The van der Waals surface area contributed by atoms with E-state index in [0.717, 1.165) is 21.7 Å². The van der Waals surface area contributed by atoms with Crippen LogP contribution in [0.2, 0.25) is 0 Å². The van der Waals surface area contributed by atoms with E-state index in [0.29, 0.717) is 26.9 Å². The number of hydrogen-bond donors (Lipinski definition) is 0. The van der Waals surface area contributed by atoms with Gasteiger partial charge in [-0.2, -0.15) is 0 Å². The largest absolute Gasteiger partial charge is 0.426 e. The second-order valence-corrected chi connectivity index (χ2v) is 10.1. The molecule has 3 amide bonds. The van der Waals surface area contributed by atoms with Crippen molar-refractivity contribution in [3.63, 3.8) is 0 Å². The lowest BCUT2D eigenvalue weighted by Gasteiger charge is -2.19. The number of benzene rings is 3. The molecule has 1 saturated heterocycles. The van der Waals surface area contributed by atoms with Gasteiger partial charge in [-0.25, -0.2) is 4.90 Å². The second-order valence-electron chi connectivity index (χ2n) is 9.20. The molecule has 36 heavy (non-hydrogen) atoms. The summed E-state index contributed by atoms with van der Waals surface area (Å²) >= 11 is 3.34. The number of carbonyl (C=O) groups excluding carboxylic acids is 4. The van der Waals surface area contributed by atoms with Crippen LogP contribution in [0.25, 0.3) is 0 Å². The van der Waals surface area contributed by atoms with E-state index < -0.39 is 23.7 Å². The van der Waals surface area contributed by atoms with Crippen LogP contribution in [-0.2, 0) is 9.59 Å². The molecule has 1 atom stereocenters. The van der Waals surface area contributed by atoms with Crippen molar-refractivity contribution < 1.29 is 23.9 Å². The van der Waals surface area contributed by atoms with Gasteiger partial charge in [0.15, 0.2) is 0 Å². The maximum absolute atomic E-state index is 12.9. The van der Waals surface area contributed by atoms with Crippen molar-refractivity contribution in [3.8, 4) is 5.75 Å². The van der Waals surface area contributed by atoms with Crippen molar-refractivity contribution in [2.24, 2.45) is 5.92 Å². The minimum absolute atomic E-state index is 0.0772. The van der Waals surface area contributed by atoms with E-state index in [1.807, 2.05) is 32.0 Å². The van der Waals surface area contributed by atoms with Crippen LogP contribution in [0.5, 0.6) is 5.75 Å². The molecule has 1 fully saturated rings. The Morgan fingerprint density at radius 1 is 0.861 bits per heavy atom. The molecule has 2 aliphatic rings. The van der Waals surface area contributed by atoms with Crippen LogP contribution >= 0.6 is 15.9 Å². The normalized spacial score (nSPS) is 17.1. The smallest absolute Gasteiger partial charge is 0.316 e. The molecule has 0 N–H and O–H groups in total. The summed E-state index contributed by atoms with van der Waals surface area (Å²) in [5.74, 6) is -1.71. The lowest BCUT2D eigenvalue weighted by atomic mass is 10.1. The molecule has 0 unspecified atom stereocenters. The van der Waals surface area contributed by atoms with E-state index in [9.17, 15) is 19.2 Å². The molecule has 2 heterocycles. The van der Waals surface area contributed by atoms with Gasteiger partial charge in [0.2, 0.25) is 5.91 Å². The van der Waals surface area contributed by atoms with Crippen molar-refractivity contribution >= 4 is 51.0 Å². The Morgan fingerprint density at radius 3 is 2.28 bits per heavy atom. The van der Waals surface area contributed by atoms with Crippen molar-refractivity contribution in [3.05, 3.63) is 86.9 Å². The highest BCUT2D eigenvalue weighted by molar-refractivity contribution is 9.10. The summed E-state index contributed by atoms with van der Waals surface area (Å²) in [4.78, 5) is 54.1. The fourth-order valence-electron chi connectivity index (χ4n) is 4.78. The number of esters is 1. The highest BCUT2D eigenvalue weighted by Gasteiger charge is 2.39.